The lowest BCUT2D eigenvalue weighted by molar-refractivity contribution is -0.128. The third-order valence-electron chi connectivity index (χ3n) is 3.48. The topological polar surface area (TPSA) is 101 Å². The molecule has 6 nitrogen and oxygen atoms in total. The molecule has 0 saturated heterocycles. The van der Waals surface area contributed by atoms with E-state index in [1.165, 1.54) is 0 Å². The Balaban J connectivity index is 2.02. The molecule has 0 aliphatic carbocycles. The number of rotatable bonds is 6. The van der Waals surface area contributed by atoms with Crippen LogP contribution in [-0.4, -0.2) is 23.8 Å². The molecular weight excluding hydrogens is 306 g/mol. The van der Waals surface area contributed by atoms with Crippen molar-refractivity contribution in [3.05, 3.63) is 71.8 Å². The van der Waals surface area contributed by atoms with Crippen LogP contribution in [0.3, 0.4) is 0 Å². The second kappa shape index (κ2) is 7.92. The van der Waals surface area contributed by atoms with E-state index in [4.69, 9.17) is 5.73 Å². The SMILES string of the molecule is CC(NC(=O)c1ccccc1)C(=O)NC(C(N)=O)c1ccccc1. The van der Waals surface area contributed by atoms with Gasteiger partial charge in [-0.05, 0) is 24.6 Å². The third kappa shape index (κ3) is 4.42. The number of benzene rings is 2. The minimum atomic E-state index is -0.949. The van der Waals surface area contributed by atoms with Crippen molar-refractivity contribution in [2.75, 3.05) is 0 Å². The molecule has 2 unspecified atom stereocenters. The first-order chi connectivity index (χ1) is 11.5. The smallest absolute Gasteiger partial charge is 0.251 e. The molecule has 2 rings (SSSR count). The van der Waals surface area contributed by atoms with Crippen LogP contribution in [0.5, 0.6) is 0 Å². The summed E-state index contributed by atoms with van der Waals surface area (Å²) in [6, 6.07) is 15.5. The Hall–Kier alpha value is -3.15. The van der Waals surface area contributed by atoms with Crippen LogP contribution >= 0.6 is 0 Å². The monoisotopic (exact) mass is 325 g/mol. The van der Waals surface area contributed by atoms with Gasteiger partial charge < -0.3 is 16.4 Å². The Kier molecular flexibility index (Phi) is 5.68. The van der Waals surface area contributed by atoms with E-state index in [-0.39, 0.29) is 5.91 Å². The van der Waals surface area contributed by atoms with Gasteiger partial charge in [0.2, 0.25) is 11.8 Å². The summed E-state index contributed by atoms with van der Waals surface area (Å²) in [7, 11) is 0. The maximum Gasteiger partial charge on any atom is 0.251 e. The highest BCUT2D eigenvalue weighted by atomic mass is 16.2. The molecule has 0 aliphatic rings. The minimum Gasteiger partial charge on any atom is -0.368 e. The normalized spacial score (nSPS) is 12.7. The molecular formula is C18H19N3O3. The number of carbonyl (C=O) groups excluding carboxylic acids is 3. The average Bonchev–Trinajstić information content (AvgIpc) is 2.60. The van der Waals surface area contributed by atoms with Crippen molar-refractivity contribution >= 4 is 17.7 Å². The molecule has 124 valence electrons. The first-order valence-corrected chi connectivity index (χ1v) is 7.49. The quantitative estimate of drug-likeness (QED) is 0.742. The van der Waals surface area contributed by atoms with Crippen molar-refractivity contribution < 1.29 is 14.4 Å². The maximum absolute atomic E-state index is 12.3. The van der Waals surface area contributed by atoms with E-state index < -0.39 is 23.9 Å². The molecule has 0 saturated carbocycles. The summed E-state index contributed by atoms with van der Waals surface area (Å²) >= 11 is 0. The van der Waals surface area contributed by atoms with E-state index in [1.54, 1.807) is 67.6 Å². The Bertz CT molecular complexity index is 717. The molecule has 0 bridgehead atoms. The molecule has 4 N–H and O–H groups in total. The second-order valence-corrected chi connectivity index (χ2v) is 5.32. The summed E-state index contributed by atoms with van der Waals surface area (Å²) in [4.78, 5) is 36.0. The molecule has 0 radical (unpaired) electrons. The summed E-state index contributed by atoms with van der Waals surface area (Å²) in [6.45, 7) is 1.54. The lowest BCUT2D eigenvalue weighted by atomic mass is 10.1. The zero-order chi connectivity index (χ0) is 17.5. The molecule has 0 heterocycles. The molecule has 2 atom stereocenters. The van der Waals surface area contributed by atoms with Gasteiger partial charge in [-0.3, -0.25) is 14.4 Å². The zero-order valence-electron chi connectivity index (χ0n) is 13.2. The van der Waals surface area contributed by atoms with Gasteiger partial charge >= 0.3 is 0 Å². The third-order valence-corrected chi connectivity index (χ3v) is 3.48. The predicted molar refractivity (Wildman–Crippen MR) is 89.9 cm³/mol. The zero-order valence-corrected chi connectivity index (χ0v) is 13.2. The highest BCUT2D eigenvalue weighted by molar-refractivity contribution is 5.98. The van der Waals surface area contributed by atoms with Gasteiger partial charge in [-0.1, -0.05) is 48.5 Å². The lowest BCUT2D eigenvalue weighted by Crippen LogP contribution is -2.48. The summed E-state index contributed by atoms with van der Waals surface area (Å²) in [5, 5.41) is 5.15. The van der Waals surface area contributed by atoms with Gasteiger partial charge in [0.25, 0.3) is 5.91 Å². The minimum absolute atomic E-state index is 0.367. The molecule has 0 aliphatic heterocycles. The molecule has 6 heteroatoms. The number of primary amides is 1. The van der Waals surface area contributed by atoms with Crippen molar-refractivity contribution in [2.45, 2.75) is 19.0 Å². The van der Waals surface area contributed by atoms with E-state index >= 15 is 0 Å². The Morgan fingerprint density at radius 3 is 1.96 bits per heavy atom. The molecule has 0 aromatic heterocycles. The van der Waals surface area contributed by atoms with Crippen LogP contribution < -0.4 is 16.4 Å². The average molecular weight is 325 g/mol. The van der Waals surface area contributed by atoms with Crippen molar-refractivity contribution in [3.63, 3.8) is 0 Å². The number of amides is 3. The molecule has 0 fully saturated rings. The highest BCUT2D eigenvalue weighted by Crippen LogP contribution is 2.12. The van der Waals surface area contributed by atoms with Crippen molar-refractivity contribution in [2.24, 2.45) is 5.73 Å². The number of nitrogens with two attached hydrogens (primary N) is 1. The van der Waals surface area contributed by atoms with Gasteiger partial charge in [0.15, 0.2) is 0 Å². The van der Waals surface area contributed by atoms with Gasteiger partial charge in [0, 0.05) is 5.56 Å². The fraction of sp³-hybridized carbons (Fsp3) is 0.167. The van der Waals surface area contributed by atoms with Crippen LogP contribution in [0.25, 0.3) is 0 Å². The standard InChI is InChI=1S/C18H19N3O3/c1-12(20-18(24)14-10-6-3-7-11-14)17(23)21-15(16(19)22)13-8-4-2-5-9-13/h2-12,15H,1H3,(H2,19,22)(H,20,24)(H,21,23). The van der Waals surface area contributed by atoms with Gasteiger partial charge in [-0.25, -0.2) is 0 Å². The largest absolute Gasteiger partial charge is 0.368 e. The van der Waals surface area contributed by atoms with Gasteiger partial charge in [-0.15, -0.1) is 0 Å². The summed E-state index contributed by atoms with van der Waals surface area (Å²) in [5.74, 6) is -1.53. The number of hydrogen-bond donors (Lipinski definition) is 3. The molecule has 2 aromatic carbocycles. The van der Waals surface area contributed by atoms with Crippen LogP contribution in [0.4, 0.5) is 0 Å². The van der Waals surface area contributed by atoms with E-state index in [0.29, 0.717) is 11.1 Å². The lowest BCUT2D eigenvalue weighted by Gasteiger charge is -2.19. The number of hydrogen-bond acceptors (Lipinski definition) is 3. The van der Waals surface area contributed by atoms with Crippen molar-refractivity contribution in [1.29, 1.82) is 0 Å². The van der Waals surface area contributed by atoms with Crippen LogP contribution in [0.1, 0.15) is 28.9 Å². The van der Waals surface area contributed by atoms with Gasteiger partial charge in [0.1, 0.15) is 12.1 Å². The molecule has 3 amide bonds. The fourth-order valence-corrected chi connectivity index (χ4v) is 2.17. The first-order valence-electron chi connectivity index (χ1n) is 7.49. The van der Waals surface area contributed by atoms with E-state index in [9.17, 15) is 14.4 Å². The van der Waals surface area contributed by atoms with Crippen LogP contribution in [-0.2, 0) is 9.59 Å². The Morgan fingerprint density at radius 1 is 0.875 bits per heavy atom. The second-order valence-electron chi connectivity index (χ2n) is 5.32. The van der Waals surface area contributed by atoms with Crippen LogP contribution in [0.2, 0.25) is 0 Å². The van der Waals surface area contributed by atoms with Gasteiger partial charge in [0.05, 0.1) is 0 Å². The molecule has 2 aromatic rings. The maximum atomic E-state index is 12.3. The van der Waals surface area contributed by atoms with Crippen LogP contribution in [0, 0.1) is 0 Å². The Labute approximate surface area is 140 Å². The first kappa shape index (κ1) is 17.2. The van der Waals surface area contributed by atoms with E-state index in [2.05, 4.69) is 10.6 Å². The van der Waals surface area contributed by atoms with Gasteiger partial charge in [-0.2, -0.15) is 0 Å². The summed E-state index contributed by atoms with van der Waals surface area (Å²) < 4.78 is 0. The molecule has 0 spiro atoms. The van der Waals surface area contributed by atoms with Crippen LogP contribution in [0.15, 0.2) is 60.7 Å². The summed E-state index contributed by atoms with van der Waals surface area (Å²) in [6.07, 6.45) is 0. The summed E-state index contributed by atoms with van der Waals surface area (Å²) in [5.41, 5.74) is 6.40. The van der Waals surface area contributed by atoms with E-state index in [1.807, 2.05) is 0 Å². The fourth-order valence-electron chi connectivity index (χ4n) is 2.17. The van der Waals surface area contributed by atoms with E-state index in [0.717, 1.165) is 0 Å². The number of nitrogens with one attached hydrogen (secondary N) is 2. The Morgan fingerprint density at radius 2 is 1.42 bits per heavy atom. The molecule has 24 heavy (non-hydrogen) atoms. The number of carbonyl (C=O) groups is 3. The predicted octanol–water partition coefficient (Wildman–Crippen LogP) is 1.15. The van der Waals surface area contributed by atoms with Crippen molar-refractivity contribution in [3.8, 4) is 0 Å². The highest BCUT2D eigenvalue weighted by Gasteiger charge is 2.24. The van der Waals surface area contributed by atoms with Crippen molar-refractivity contribution in [1.82, 2.24) is 10.6 Å².